The zero-order valence-electron chi connectivity index (χ0n) is 18.2. The molecule has 0 radical (unpaired) electrons. The SMILES string of the molecule is NC1CC(N2CCC3=C2CCCN3S(=O)(=O)C2CCCC2)COC1c1cc(F)ccc1F. The molecule has 0 aromatic heterocycles. The van der Waals surface area contributed by atoms with E-state index in [4.69, 9.17) is 10.5 Å². The Bertz CT molecular complexity index is 1010. The van der Waals surface area contributed by atoms with Crippen LogP contribution in [0.25, 0.3) is 0 Å². The molecule has 0 bridgehead atoms. The van der Waals surface area contributed by atoms with E-state index in [0.717, 1.165) is 74.7 Å². The average Bonchev–Trinajstić information content (AvgIpc) is 3.46. The van der Waals surface area contributed by atoms with Gasteiger partial charge in [-0.15, -0.1) is 0 Å². The molecule has 2 fully saturated rings. The molecule has 1 aromatic rings. The van der Waals surface area contributed by atoms with E-state index in [-0.39, 0.29) is 16.9 Å². The maximum absolute atomic E-state index is 14.2. The van der Waals surface area contributed by atoms with Crippen molar-refractivity contribution in [3.05, 3.63) is 46.8 Å². The minimum absolute atomic E-state index is 0.000458. The predicted octanol–water partition coefficient (Wildman–Crippen LogP) is 3.41. The van der Waals surface area contributed by atoms with Crippen molar-refractivity contribution in [1.82, 2.24) is 9.21 Å². The molecular weight excluding hydrogens is 436 g/mol. The van der Waals surface area contributed by atoms with E-state index in [1.807, 2.05) is 0 Å². The third-order valence-electron chi connectivity index (χ3n) is 7.48. The Kier molecular flexibility index (Phi) is 5.92. The van der Waals surface area contributed by atoms with Crippen LogP contribution < -0.4 is 5.73 Å². The van der Waals surface area contributed by atoms with Crippen LogP contribution in [0.1, 0.15) is 63.0 Å². The molecule has 0 spiro atoms. The van der Waals surface area contributed by atoms with Gasteiger partial charge in [0.05, 0.1) is 17.9 Å². The summed E-state index contributed by atoms with van der Waals surface area (Å²) in [6, 6.07) is 2.87. The van der Waals surface area contributed by atoms with Gasteiger partial charge in [0.25, 0.3) is 0 Å². The third-order valence-corrected chi connectivity index (χ3v) is 9.81. The van der Waals surface area contributed by atoms with Crippen molar-refractivity contribution in [3.8, 4) is 0 Å². The maximum atomic E-state index is 14.2. The number of allylic oxidation sites excluding steroid dienone is 1. The molecule has 1 saturated heterocycles. The first-order valence-corrected chi connectivity index (χ1v) is 13.2. The summed E-state index contributed by atoms with van der Waals surface area (Å²) in [5.74, 6) is -1.03. The molecule has 4 aliphatic rings. The first kappa shape index (κ1) is 22.1. The maximum Gasteiger partial charge on any atom is 0.237 e. The van der Waals surface area contributed by atoms with E-state index in [0.29, 0.717) is 26.0 Å². The van der Waals surface area contributed by atoms with Gasteiger partial charge in [0.1, 0.15) is 17.7 Å². The van der Waals surface area contributed by atoms with Gasteiger partial charge < -0.3 is 15.4 Å². The molecule has 1 aromatic carbocycles. The van der Waals surface area contributed by atoms with Crippen LogP contribution in [0, 0.1) is 11.6 Å². The molecule has 3 atom stereocenters. The van der Waals surface area contributed by atoms with Gasteiger partial charge in [-0.25, -0.2) is 17.2 Å². The van der Waals surface area contributed by atoms with Gasteiger partial charge in [-0.05, 0) is 50.3 Å². The van der Waals surface area contributed by atoms with Crippen molar-refractivity contribution in [2.45, 2.75) is 74.8 Å². The zero-order chi connectivity index (χ0) is 22.5. The van der Waals surface area contributed by atoms with Crippen LogP contribution >= 0.6 is 0 Å². The molecule has 6 nitrogen and oxygen atoms in total. The van der Waals surface area contributed by atoms with E-state index in [1.54, 1.807) is 4.31 Å². The van der Waals surface area contributed by atoms with Crippen molar-refractivity contribution in [1.29, 1.82) is 0 Å². The van der Waals surface area contributed by atoms with Crippen molar-refractivity contribution in [3.63, 3.8) is 0 Å². The fraction of sp³-hybridized carbons (Fsp3) is 0.652. The first-order valence-electron chi connectivity index (χ1n) is 11.7. The second-order valence-corrected chi connectivity index (χ2v) is 11.6. The molecule has 2 N–H and O–H groups in total. The van der Waals surface area contributed by atoms with Crippen molar-refractivity contribution < 1.29 is 21.9 Å². The third kappa shape index (κ3) is 3.82. The number of nitrogens with two attached hydrogens (primary N) is 1. The van der Waals surface area contributed by atoms with Gasteiger partial charge in [-0.2, -0.15) is 0 Å². The Morgan fingerprint density at radius 2 is 1.81 bits per heavy atom. The van der Waals surface area contributed by atoms with E-state index >= 15 is 0 Å². The number of hydrogen-bond donors (Lipinski definition) is 1. The van der Waals surface area contributed by atoms with E-state index < -0.39 is 33.8 Å². The molecule has 9 heteroatoms. The summed E-state index contributed by atoms with van der Waals surface area (Å²) in [7, 11) is -3.32. The minimum atomic E-state index is -3.32. The second-order valence-electron chi connectivity index (χ2n) is 9.44. The molecule has 1 saturated carbocycles. The van der Waals surface area contributed by atoms with Crippen LogP contribution in [0.2, 0.25) is 0 Å². The monoisotopic (exact) mass is 467 g/mol. The van der Waals surface area contributed by atoms with Crippen LogP contribution in [0.4, 0.5) is 8.78 Å². The number of rotatable bonds is 4. The fourth-order valence-electron chi connectivity index (χ4n) is 5.92. The van der Waals surface area contributed by atoms with Crippen molar-refractivity contribution >= 4 is 10.0 Å². The van der Waals surface area contributed by atoms with Gasteiger partial charge in [-0.1, -0.05) is 12.8 Å². The largest absolute Gasteiger partial charge is 0.370 e. The standard InChI is InChI=1S/C23H31F2N3O3S/c24-15-7-8-19(25)18(12-15)23-20(26)13-16(14-31-23)27-11-9-22-21(27)6-3-10-28(22)32(29,30)17-4-1-2-5-17/h7-8,12,16-17,20,23H,1-6,9-11,13-14,26H2. The van der Waals surface area contributed by atoms with Gasteiger partial charge in [0.2, 0.25) is 10.0 Å². The van der Waals surface area contributed by atoms with Crippen LogP contribution in [0.15, 0.2) is 29.6 Å². The smallest absolute Gasteiger partial charge is 0.237 e. The summed E-state index contributed by atoms with van der Waals surface area (Å²) in [5, 5.41) is -0.253. The van der Waals surface area contributed by atoms with Gasteiger partial charge in [-0.3, -0.25) is 4.31 Å². The topological polar surface area (TPSA) is 75.9 Å². The quantitative estimate of drug-likeness (QED) is 0.735. The lowest BCUT2D eigenvalue weighted by Gasteiger charge is -2.41. The number of nitrogens with zero attached hydrogens (tertiary/aromatic N) is 2. The molecule has 32 heavy (non-hydrogen) atoms. The summed E-state index contributed by atoms with van der Waals surface area (Å²) in [5.41, 5.74) is 8.56. The number of sulfonamides is 1. The Morgan fingerprint density at radius 3 is 2.56 bits per heavy atom. The Hall–Kier alpha value is -1.71. The molecule has 1 aliphatic carbocycles. The molecule has 176 valence electrons. The molecule has 0 amide bonds. The summed E-state index contributed by atoms with van der Waals surface area (Å²) in [6.07, 6.45) is 5.73. The highest BCUT2D eigenvalue weighted by Crippen LogP contribution is 2.41. The Labute approximate surface area is 188 Å². The normalized spacial score (nSPS) is 29.7. The molecule has 3 aliphatic heterocycles. The summed E-state index contributed by atoms with van der Waals surface area (Å²) < 4.78 is 62.1. The summed E-state index contributed by atoms with van der Waals surface area (Å²) in [4.78, 5) is 2.25. The molecule has 3 heterocycles. The van der Waals surface area contributed by atoms with Gasteiger partial charge in [0, 0.05) is 42.5 Å². The highest BCUT2D eigenvalue weighted by Gasteiger charge is 2.43. The average molecular weight is 468 g/mol. The Balaban J connectivity index is 1.33. The number of hydrogen-bond acceptors (Lipinski definition) is 5. The lowest BCUT2D eigenvalue weighted by Crippen LogP contribution is -2.48. The lowest BCUT2D eigenvalue weighted by molar-refractivity contribution is -0.0435. The first-order chi connectivity index (χ1) is 15.4. The molecular formula is C23H31F2N3O3S. The van der Waals surface area contributed by atoms with Crippen LogP contribution in [-0.2, 0) is 14.8 Å². The minimum Gasteiger partial charge on any atom is -0.370 e. The lowest BCUT2D eigenvalue weighted by atomic mass is 9.93. The molecule has 3 unspecified atom stereocenters. The fourth-order valence-corrected chi connectivity index (χ4v) is 8.09. The van der Waals surface area contributed by atoms with E-state index in [9.17, 15) is 17.2 Å². The van der Waals surface area contributed by atoms with Crippen molar-refractivity contribution in [2.75, 3.05) is 19.7 Å². The molecule has 5 rings (SSSR count). The zero-order valence-corrected chi connectivity index (χ0v) is 19.0. The predicted molar refractivity (Wildman–Crippen MR) is 117 cm³/mol. The van der Waals surface area contributed by atoms with Crippen LogP contribution in [0.3, 0.4) is 0 Å². The summed E-state index contributed by atoms with van der Waals surface area (Å²) >= 11 is 0. The number of halogens is 2. The number of ether oxygens (including phenoxy) is 1. The van der Waals surface area contributed by atoms with Crippen molar-refractivity contribution in [2.24, 2.45) is 5.73 Å². The van der Waals surface area contributed by atoms with Crippen LogP contribution in [-0.4, -0.2) is 54.7 Å². The summed E-state index contributed by atoms with van der Waals surface area (Å²) in [6.45, 7) is 1.65. The van der Waals surface area contributed by atoms with Crippen LogP contribution in [0.5, 0.6) is 0 Å². The highest BCUT2D eigenvalue weighted by molar-refractivity contribution is 7.89. The highest BCUT2D eigenvalue weighted by atomic mass is 32.2. The van der Waals surface area contributed by atoms with E-state index in [2.05, 4.69) is 4.90 Å². The Morgan fingerprint density at radius 1 is 1.03 bits per heavy atom. The van der Waals surface area contributed by atoms with Gasteiger partial charge in [0.15, 0.2) is 0 Å². The second kappa shape index (κ2) is 8.57. The number of benzene rings is 1. The van der Waals surface area contributed by atoms with E-state index in [1.165, 1.54) is 0 Å². The van der Waals surface area contributed by atoms with Gasteiger partial charge >= 0.3 is 0 Å².